The molecular weight excluding hydrogens is 469 g/mol. The number of pyridine rings is 1. The van der Waals surface area contributed by atoms with Crippen LogP contribution < -0.4 is 15.1 Å². The van der Waals surface area contributed by atoms with Crippen molar-refractivity contribution in [3.8, 4) is 11.1 Å². The highest BCUT2D eigenvalue weighted by atomic mass is 19.1. The Labute approximate surface area is 209 Å². The molecule has 11 heteroatoms. The van der Waals surface area contributed by atoms with Crippen LogP contribution in [0.3, 0.4) is 0 Å². The van der Waals surface area contributed by atoms with Crippen molar-refractivity contribution in [2.24, 2.45) is 0 Å². The lowest BCUT2D eigenvalue weighted by Crippen LogP contribution is -2.50. The van der Waals surface area contributed by atoms with Crippen LogP contribution in [0.1, 0.15) is 13.8 Å². The van der Waals surface area contributed by atoms with Gasteiger partial charge in [-0.15, -0.1) is 0 Å². The number of benzene rings is 1. The number of amides is 3. The van der Waals surface area contributed by atoms with Gasteiger partial charge in [0.15, 0.2) is 0 Å². The van der Waals surface area contributed by atoms with Crippen molar-refractivity contribution in [3.63, 3.8) is 0 Å². The summed E-state index contributed by atoms with van der Waals surface area (Å²) in [4.78, 5) is 45.1. The van der Waals surface area contributed by atoms with Crippen LogP contribution in [-0.4, -0.2) is 86.4 Å². The van der Waals surface area contributed by atoms with Crippen LogP contribution in [0, 0.1) is 5.82 Å². The quantitative estimate of drug-likeness (QED) is 0.593. The van der Waals surface area contributed by atoms with E-state index in [-0.39, 0.29) is 31.5 Å². The molecule has 36 heavy (non-hydrogen) atoms. The molecule has 0 aliphatic carbocycles. The molecule has 0 unspecified atom stereocenters. The molecule has 2 saturated heterocycles. The van der Waals surface area contributed by atoms with Crippen molar-refractivity contribution in [3.05, 3.63) is 42.3 Å². The fourth-order valence-electron chi connectivity index (χ4n) is 4.20. The molecule has 0 saturated carbocycles. The molecule has 0 spiro atoms. The molecule has 4 rings (SSSR count). The van der Waals surface area contributed by atoms with Crippen molar-refractivity contribution < 1.29 is 28.2 Å². The number of rotatable bonds is 8. The number of nitrogens with zero attached hydrogens (tertiary/aromatic N) is 4. The predicted octanol–water partition coefficient (Wildman–Crippen LogP) is 2.03. The number of ether oxygens (including phenoxy) is 2. The summed E-state index contributed by atoms with van der Waals surface area (Å²) in [6.07, 6.45) is 0.543. The van der Waals surface area contributed by atoms with Gasteiger partial charge in [-0.05, 0) is 37.3 Å². The van der Waals surface area contributed by atoms with Gasteiger partial charge < -0.3 is 24.6 Å². The van der Waals surface area contributed by atoms with E-state index in [1.54, 1.807) is 29.3 Å². The van der Waals surface area contributed by atoms with Crippen LogP contribution in [-0.2, 0) is 19.1 Å². The van der Waals surface area contributed by atoms with Crippen molar-refractivity contribution in [1.29, 1.82) is 0 Å². The number of anilines is 2. The highest BCUT2D eigenvalue weighted by Gasteiger charge is 2.32. The standard InChI is InChI=1S/C25H30FN5O5/c1-3-35-16-24(33)30-10-8-29(9-11-30)23-7-4-18(13-28-23)21-6-5-19(12-22(21)26)31-15-20(36-25(31)34)14-27-17(2)32/h4-7,12-13,20H,3,8-11,14-16H2,1-2H3,(H,27,32)/t20-/m0/s1. The van der Waals surface area contributed by atoms with E-state index in [9.17, 15) is 14.4 Å². The zero-order valence-electron chi connectivity index (χ0n) is 20.4. The number of aromatic nitrogens is 1. The van der Waals surface area contributed by atoms with E-state index in [0.29, 0.717) is 49.6 Å². The number of hydrogen-bond acceptors (Lipinski definition) is 7. The molecule has 0 radical (unpaired) electrons. The fourth-order valence-corrected chi connectivity index (χ4v) is 4.20. The van der Waals surface area contributed by atoms with Crippen molar-refractivity contribution >= 4 is 29.4 Å². The average molecular weight is 500 g/mol. The number of cyclic esters (lactones) is 1. The average Bonchev–Trinajstić information content (AvgIpc) is 3.26. The third-order valence-corrected chi connectivity index (χ3v) is 6.16. The van der Waals surface area contributed by atoms with Gasteiger partial charge in [-0.2, -0.15) is 0 Å². The third-order valence-electron chi connectivity index (χ3n) is 6.16. The van der Waals surface area contributed by atoms with E-state index < -0.39 is 18.0 Å². The van der Waals surface area contributed by atoms with Gasteiger partial charge in [0.1, 0.15) is 24.3 Å². The largest absolute Gasteiger partial charge is 0.442 e. The Hall–Kier alpha value is -3.73. The lowest BCUT2D eigenvalue weighted by Gasteiger charge is -2.35. The number of piperazine rings is 1. The lowest BCUT2D eigenvalue weighted by molar-refractivity contribution is -0.136. The van der Waals surface area contributed by atoms with Crippen molar-refractivity contribution in [1.82, 2.24) is 15.2 Å². The summed E-state index contributed by atoms with van der Waals surface area (Å²) in [5.74, 6) is 0.0536. The molecule has 0 bridgehead atoms. The van der Waals surface area contributed by atoms with E-state index in [2.05, 4.69) is 15.2 Å². The minimum absolute atomic E-state index is 0.0100. The van der Waals surface area contributed by atoms with Crippen LogP contribution >= 0.6 is 0 Å². The van der Waals surface area contributed by atoms with Gasteiger partial charge in [-0.3, -0.25) is 14.5 Å². The summed E-state index contributed by atoms with van der Waals surface area (Å²) in [5.41, 5.74) is 1.36. The number of nitrogens with one attached hydrogen (secondary N) is 1. The number of halogens is 1. The first-order valence-electron chi connectivity index (χ1n) is 11.9. The molecule has 3 heterocycles. The summed E-state index contributed by atoms with van der Waals surface area (Å²) in [6, 6.07) is 8.21. The van der Waals surface area contributed by atoms with Crippen LogP contribution in [0.15, 0.2) is 36.5 Å². The minimum Gasteiger partial charge on any atom is -0.442 e. The van der Waals surface area contributed by atoms with Gasteiger partial charge in [-0.25, -0.2) is 14.2 Å². The Morgan fingerprint density at radius 3 is 2.61 bits per heavy atom. The first-order valence-corrected chi connectivity index (χ1v) is 11.9. The normalized spacial score (nSPS) is 17.8. The van der Waals surface area contributed by atoms with Gasteiger partial charge in [0.25, 0.3) is 0 Å². The SMILES string of the molecule is CCOCC(=O)N1CCN(c2ccc(-c3ccc(N4C[C@H](CNC(C)=O)OC4=O)cc3F)cn2)CC1. The van der Waals surface area contributed by atoms with E-state index in [4.69, 9.17) is 9.47 Å². The zero-order chi connectivity index (χ0) is 25.7. The Morgan fingerprint density at radius 2 is 1.97 bits per heavy atom. The summed E-state index contributed by atoms with van der Waals surface area (Å²) in [5, 5.41) is 2.61. The first kappa shape index (κ1) is 25.4. The molecule has 2 aliphatic heterocycles. The van der Waals surface area contributed by atoms with Crippen molar-refractivity contribution in [2.75, 3.05) is 62.3 Å². The Morgan fingerprint density at radius 1 is 1.19 bits per heavy atom. The van der Waals surface area contributed by atoms with Crippen LogP contribution in [0.4, 0.5) is 20.7 Å². The Balaban J connectivity index is 1.37. The molecule has 1 aromatic carbocycles. The van der Waals surface area contributed by atoms with Gasteiger partial charge in [0, 0.05) is 57.0 Å². The maximum absolute atomic E-state index is 15.0. The minimum atomic E-state index is -0.580. The predicted molar refractivity (Wildman–Crippen MR) is 131 cm³/mol. The maximum atomic E-state index is 15.0. The second-order valence-electron chi connectivity index (χ2n) is 8.63. The van der Waals surface area contributed by atoms with Crippen molar-refractivity contribution in [2.45, 2.75) is 20.0 Å². The van der Waals surface area contributed by atoms with Crippen LogP contribution in [0.25, 0.3) is 11.1 Å². The molecule has 1 N–H and O–H groups in total. The van der Waals surface area contributed by atoms with E-state index >= 15 is 4.39 Å². The topological polar surface area (TPSA) is 104 Å². The molecule has 1 atom stereocenters. The molecule has 2 aromatic rings. The number of hydrogen-bond donors (Lipinski definition) is 1. The molecule has 1 aromatic heterocycles. The smallest absolute Gasteiger partial charge is 0.414 e. The molecule has 2 aliphatic rings. The van der Waals surface area contributed by atoms with Gasteiger partial charge in [0.05, 0.1) is 18.8 Å². The lowest BCUT2D eigenvalue weighted by atomic mass is 10.1. The summed E-state index contributed by atoms with van der Waals surface area (Å²) in [6.45, 7) is 6.78. The number of carbonyl (C=O) groups excluding carboxylic acids is 3. The molecule has 10 nitrogen and oxygen atoms in total. The fraction of sp³-hybridized carbons (Fsp3) is 0.440. The van der Waals surface area contributed by atoms with Crippen LogP contribution in [0.5, 0.6) is 0 Å². The van der Waals surface area contributed by atoms with Gasteiger partial charge >= 0.3 is 6.09 Å². The molecule has 2 fully saturated rings. The monoisotopic (exact) mass is 499 g/mol. The van der Waals surface area contributed by atoms with Crippen LogP contribution in [0.2, 0.25) is 0 Å². The summed E-state index contributed by atoms with van der Waals surface area (Å²) >= 11 is 0. The van der Waals surface area contributed by atoms with E-state index in [1.165, 1.54) is 17.9 Å². The molecule has 3 amide bonds. The Bertz CT molecular complexity index is 1100. The van der Waals surface area contributed by atoms with E-state index in [1.807, 2.05) is 13.0 Å². The Kier molecular flexibility index (Phi) is 7.99. The summed E-state index contributed by atoms with van der Waals surface area (Å²) in [7, 11) is 0. The molecule has 192 valence electrons. The van der Waals surface area contributed by atoms with Gasteiger partial charge in [0.2, 0.25) is 11.8 Å². The second-order valence-corrected chi connectivity index (χ2v) is 8.63. The molecular formula is C25H30FN5O5. The van der Waals surface area contributed by atoms with Gasteiger partial charge in [-0.1, -0.05) is 0 Å². The highest BCUT2D eigenvalue weighted by Crippen LogP contribution is 2.29. The number of carbonyl (C=O) groups is 3. The third kappa shape index (κ3) is 5.91. The summed E-state index contributed by atoms with van der Waals surface area (Å²) < 4.78 is 25.5. The highest BCUT2D eigenvalue weighted by molar-refractivity contribution is 5.90. The second kappa shape index (κ2) is 11.3. The maximum Gasteiger partial charge on any atom is 0.414 e. The first-order chi connectivity index (χ1) is 17.4. The van der Waals surface area contributed by atoms with E-state index in [0.717, 1.165) is 5.82 Å². The zero-order valence-corrected chi connectivity index (χ0v) is 20.4.